The van der Waals surface area contributed by atoms with E-state index in [2.05, 4.69) is 9.72 Å². The van der Waals surface area contributed by atoms with Gasteiger partial charge in [0.05, 0.1) is 18.4 Å². The lowest BCUT2D eigenvalue weighted by molar-refractivity contribution is -0.275. The van der Waals surface area contributed by atoms with Gasteiger partial charge >= 0.3 is 6.36 Å². The second-order valence-corrected chi connectivity index (χ2v) is 2.84. The molecule has 4 nitrogen and oxygen atoms in total. The largest absolute Gasteiger partial charge is 0.573 e. The summed E-state index contributed by atoms with van der Waals surface area (Å²) < 4.78 is 64.0. The van der Waals surface area contributed by atoms with Gasteiger partial charge in [0.15, 0.2) is 5.75 Å². The van der Waals surface area contributed by atoms with E-state index in [-0.39, 0.29) is 0 Å². The molecular weight excluding hydrogens is 253 g/mol. The number of aliphatic hydroxyl groups is 1. The van der Waals surface area contributed by atoms with Crippen LogP contribution in [0.15, 0.2) is 6.20 Å². The van der Waals surface area contributed by atoms with Crippen molar-refractivity contribution >= 4 is 0 Å². The molecule has 0 radical (unpaired) electrons. The summed E-state index contributed by atoms with van der Waals surface area (Å²) >= 11 is 0. The number of hydrogen-bond donors (Lipinski definition) is 2. The van der Waals surface area contributed by atoms with Crippen molar-refractivity contribution in [3.8, 4) is 11.5 Å². The first-order valence-corrected chi connectivity index (χ1v) is 4.11. The van der Waals surface area contributed by atoms with Gasteiger partial charge in [-0.1, -0.05) is 0 Å². The fraction of sp³-hybridized carbons (Fsp3) is 0.375. The van der Waals surface area contributed by atoms with Crippen LogP contribution in [0.2, 0.25) is 0 Å². The second kappa shape index (κ2) is 4.70. The van der Waals surface area contributed by atoms with Crippen LogP contribution in [0.3, 0.4) is 0 Å². The number of halogens is 5. The molecule has 0 spiro atoms. The predicted molar refractivity (Wildman–Crippen MR) is 43.5 cm³/mol. The first kappa shape index (κ1) is 13.4. The standard InChI is InChI=1S/C8H6F5NO3/c9-7(10)5-6(17-8(11,12)13)3(2-15)4(16)1-14-5/h1,7,15-16H,2H2. The summed E-state index contributed by atoms with van der Waals surface area (Å²) in [5, 5.41) is 17.8. The Kier molecular flexibility index (Phi) is 3.71. The maximum Gasteiger partial charge on any atom is 0.573 e. The molecular formula is C8H6F5NO3. The number of rotatable bonds is 3. The summed E-state index contributed by atoms with van der Waals surface area (Å²) in [4.78, 5) is 2.93. The smallest absolute Gasteiger partial charge is 0.506 e. The Labute approximate surface area is 91.3 Å². The molecule has 1 rings (SSSR count). The zero-order chi connectivity index (χ0) is 13.2. The molecule has 0 aliphatic carbocycles. The molecule has 0 atom stereocenters. The van der Waals surface area contributed by atoms with Crippen molar-refractivity contribution < 1.29 is 36.9 Å². The van der Waals surface area contributed by atoms with E-state index in [0.717, 1.165) is 0 Å². The predicted octanol–water partition coefficient (Wildman–Crippen LogP) is 2.12. The summed E-state index contributed by atoms with van der Waals surface area (Å²) in [7, 11) is 0. The van der Waals surface area contributed by atoms with Gasteiger partial charge in [-0.05, 0) is 0 Å². The molecule has 1 heterocycles. The monoisotopic (exact) mass is 259 g/mol. The van der Waals surface area contributed by atoms with E-state index >= 15 is 0 Å². The van der Waals surface area contributed by atoms with Gasteiger partial charge in [-0.2, -0.15) is 0 Å². The lowest BCUT2D eigenvalue weighted by atomic mass is 10.2. The van der Waals surface area contributed by atoms with Crippen molar-refractivity contribution in [1.29, 1.82) is 0 Å². The summed E-state index contributed by atoms with van der Waals surface area (Å²) in [5.41, 5.74) is -2.10. The molecule has 0 saturated carbocycles. The van der Waals surface area contributed by atoms with Gasteiger partial charge in [-0.15, -0.1) is 13.2 Å². The van der Waals surface area contributed by atoms with Gasteiger partial charge in [0.2, 0.25) is 0 Å². The lowest BCUT2D eigenvalue weighted by Crippen LogP contribution is -2.20. The molecule has 1 aromatic rings. The van der Waals surface area contributed by atoms with Crippen LogP contribution in [-0.4, -0.2) is 21.6 Å². The van der Waals surface area contributed by atoms with Gasteiger partial charge in [0, 0.05) is 0 Å². The molecule has 0 bridgehead atoms. The number of aromatic nitrogens is 1. The molecule has 0 aliphatic heterocycles. The number of aliphatic hydroxyl groups excluding tert-OH is 1. The van der Waals surface area contributed by atoms with Crippen molar-refractivity contribution in [3.05, 3.63) is 17.5 Å². The molecule has 2 N–H and O–H groups in total. The summed E-state index contributed by atoms with van der Waals surface area (Å²) in [5.74, 6) is -2.24. The zero-order valence-corrected chi connectivity index (χ0v) is 8.00. The van der Waals surface area contributed by atoms with Crippen molar-refractivity contribution in [3.63, 3.8) is 0 Å². The van der Waals surface area contributed by atoms with Gasteiger partial charge in [-0.25, -0.2) is 13.8 Å². The number of alkyl halides is 5. The van der Waals surface area contributed by atoms with Crippen LogP contribution >= 0.6 is 0 Å². The van der Waals surface area contributed by atoms with Crippen LogP contribution in [-0.2, 0) is 6.61 Å². The molecule has 96 valence electrons. The molecule has 0 aliphatic rings. The minimum Gasteiger partial charge on any atom is -0.506 e. The minimum absolute atomic E-state index is 0.510. The molecule has 0 unspecified atom stereocenters. The van der Waals surface area contributed by atoms with E-state index in [1.165, 1.54) is 0 Å². The maximum absolute atomic E-state index is 12.4. The molecule has 0 fully saturated rings. The van der Waals surface area contributed by atoms with Crippen LogP contribution in [0.25, 0.3) is 0 Å². The van der Waals surface area contributed by atoms with Crippen LogP contribution in [0.5, 0.6) is 11.5 Å². The Bertz CT molecular complexity index is 407. The third kappa shape index (κ3) is 3.16. The van der Waals surface area contributed by atoms with E-state index in [9.17, 15) is 22.0 Å². The van der Waals surface area contributed by atoms with Crippen LogP contribution in [0.1, 0.15) is 17.7 Å². The number of ether oxygens (including phenoxy) is 1. The van der Waals surface area contributed by atoms with E-state index in [4.69, 9.17) is 10.2 Å². The van der Waals surface area contributed by atoms with E-state index < -0.39 is 42.2 Å². The number of aromatic hydroxyl groups is 1. The highest BCUT2D eigenvalue weighted by molar-refractivity contribution is 5.45. The Morgan fingerprint density at radius 1 is 1.35 bits per heavy atom. The van der Waals surface area contributed by atoms with Crippen molar-refractivity contribution in [1.82, 2.24) is 4.98 Å². The van der Waals surface area contributed by atoms with Gasteiger partial charge in [0.1, 0.15) is 11.4 Å². The Morgan fingerprint density at radius 3 is 2.35 bits per heavy atom. The normalized spacial score (nSPS) is 11.9. The Balaban J connectivity index is 3.34. The SMILES string of the molecule is OCc1c(O)cnc(C(F)F)c1OC(F)(F)F. The van der Waals surface area contributed by atoms with Gasteiger partial charge in [-0.3, -0.25) is 0 Å². The van der Waals surface area contributed by atoms with Crippen LogP contribution in [0.4, 0.5) is 22.0 Å². The second-order valence-electron chi connectivity index (χ2n) is 2.84. The van der Waals surface area contributed by atoms with Gasteiger partial charge in [0.25, 0.3) is 6.43 Å². The van der Waals surface area contributed by atoms with Crippen molar-refractivity contribution in [2.75, 3.05) is 0 Å². The third-order valence-electron chi connectivity index (χ3n) is 1.72. The highest BCUT2D eigenvalue weighted by Gasteiger charge is 2.35. The topological polar surface area (TPSA) is 62.6 Å². The number of pyridine rings is 1. The molecule has 1 aromatic heterocycles. The van der Waals surface area contributed by atoms with Gasteiger partial charge < -0.3 is 14.9 Å². The fourth-order valence-electron chi connectivity index (χ4n) is 1.08. The van der Waals surface area contributed by atoms with Crippen molar-refractivity contribution in [2.24, 2.45) is 0 Å². The first-order valence-electron chi connectivity index (χ1n) is 4.11. The van der Waals surface area contributed by atoms with E-state index in [0.29, 0.717) is 6.20 Å². The van der Waals surface area contributed by atoms with Crippen LogP contribution in [0, 0.1) is 0 Å². The summed E-state index contributed by atoms with van der Waals surface area (Å²) in [6, 6.07) is 0. The fourth-order valence-corrected chi connectivity index (χ4v) is 1.08. The minimum atomic E-state index is -5.23. The zero-order valence-electron chi connectivity index (χ0n) is 8.00. The third-order valence-corrected chi connectivity index (χ3v) is 1.72. The molecule has 0 amide bonds. The highest BCUT2D eigenvalue weighted by Crippen LogP contribution is 2.38. The quantitative estimate of drug-likeness (QED) is 0.816. The molecule has 0 saturated heterocycles. The molecule has 0 aromatic carbocycles. The summed E-state index contributed by atoms with van der Waals surface area (Å²) in [6.45, 7) is -1.10. The van der Waals surface area contributed by atoms with Crippen molar-refractivity contribution in [2.45, 2.75) is 19.4 Å². The first-order chi connectivity index (χ1) is 7.76. The number of hydrogen-bond acceptors (Lipinski definition) is 4. The molecule has 17 heavy (non-hydrogen) atoms. The van der Waals surface area contributed by atoms with E-state index in [1.807, 2.05) is 0 Å². The summed E-state index contributed by atoms with van der Waals surface area (Å²) in [6.07, 6.45) is -8.06. The maximum atomic E-state index is 12.4. The van der Waals surface area contributed by atoms with Crippen LogP contribution < -0.4 is 4.74 Å². The number of nitrogens with zero attached hydrogens (tertiary/aromatic N) is 1. The Morgan fingerprint density at radius 2 is 1.94 bits per heavy atom. The lowest BCUT2D eigenvalue weighted by Gasteiger charge is -2.15. The molecule has 9 heteroatoms. The van der Waals surface area contributed by atoms with E-state index in [1.54, 1.807) is 0 Å². The highest BCUT2D eigenvalue weighted by atomic mass is 19.4. The average Bonchev–Trinajstić information content (AvgIpc) is 2.15. The Hall–Kier alpha value is -1.64. The average molecular weight is 259 g/mol.